The summed E-state index contributed by atoms with van der Waals surface area (Å²) in [6.45, 7) is 5.67. The van der Waals surface area contributed by atoms with Gasteiger partial charge in [-0.15, -0.1) is 0 Å². The molecule has 0 aliphatic heterocycles. The van der Waals surface area contributed by atoms with E-state index in [1.165, 1.54) is 0 Å². The zero-order valence-electron chi connectivity index (χ0n) is 10.7. The van der Waals surface area contributed by atoms with Gasteiger partial charge in [0, 0.05) is 12.2 Å². The van der Waals surface area contributed by atoms with E-state index in [4.69, 9.17) is 9.47 Å². The van der Waals surface area contributed by atoms with E-state index < -0.39 is 6.10 Å². The smallest absolute Gasteiger partial charge is 0.125 e. The summed E-state index contributed by atoms with van der Waals surface area (Å²) < 4.78 is 10.9. The third kappa shape index (κ3) is 4.75. The van der Waals surface area contributed by atoms with Gasteiger partial charge in [-0.3, -0.25) is 0 Å². The van der Waals surface area contributed by atoms with E-state index in [0.29, 0.717) is 19.8 Å². The van der Waals surface area contributed by atoms with E-state index in [1.807, 2.05) is 31.2 Å². The number of para-hydroxylation sites is 1. The third-order valence-corrected chi connectivity index (χ3v) is 2.50. The molecule has 0 aromatic heterocycles. The molecule has 0 saturated heterocycles. The number of aliphatic hydroxyl groups is 1. The summed E-state index contributed by atoms with van der Waals surface area (Å²) in [5.41, 5.74) is 0.797. The number of aliphatic hydroxyl groups excluding tert-OH is 1. The van der Waals surface area contributed by atoms with E-state index in [9.17, 15) is 5.11 Å². The monoisotopic (exact) mass is 238 g/mol. The summed E-state index contributed by atoms with van der Waals surface area (Å²) in [6, 6.07) is 7.54. The lowest BCUT2D eigenvalue weighted by Crippen LogP contribution is -2.10. The third-order valence-electron chi connectivity index (χ3n) is 2.50. The zero-order valence-corrected chi connectivity index (χ0v) is 10.7. The van der Waals surface area contributed by atoms with Gasteiger partial charge in [0.25, 0.3) is 0 Å². The molecular formula is C14H22O3. The first kappa shape index (κ1) is 14.0. The highest BCUT2D eigenvalue weighted by atomic mass is 16.5. The van der Waals surface area contributed by atoms with Crippen molar-refractivity contribution in [2.75, 3.05) is 19.8 Å². The van der Waals surface area contributed by atoms with Crippen LogP contribution in [-0.4, -0.2) is 24.9 Å². The van der Waals surface area contributed by atoms with E-state index in [2.05, 4.69) is 6.92 Å². The van der Waals surface area contributed by atoms with Gasteiger partial charge in [-0.25, -0.2) is 0 Å². The summed E-state index contributed by atoms with van der Waals surface area (Å²) in [7, 11) is 0. The largest absolute Gasteiger partial charge is 0.493 e. The van der Waals surface area contributed by atoms with Gasteiger partial charge >= 0.3 is 0 Å². The molecule has 0 aliphatic rings. The van der Waals surface area contributed by atoms with E-state index in [0.717, 1.165) is 24.2 Å². The van der Waals surface area contributed by atoms with Crippen LogP contribution in [0, 0.1) is 0 Å². The maximum Gasteiger partial charge on any atom is 0.125 e. The lowest BCUT2D eigenvalue weighted by atomic mass is 10.1. The second-order valence-corrected chi connectivity index (χ2v) is 3.92. The van der Waals surface area contributed by atoms with Crippen LogP contribution >= 0.6 is 0 Å². The maximum atomic E-state index is 10.0. The number of ether oxygens (including phenoxy) is 2. The minimum atomic E-state index is -0.616. The molecule has 1 rings (SSSR count). The lowest BCUT2D eigenvalue weighted by molar-refractivity contribution is 0.0335. The Morgan fingerprint density at radius 1 is 1.24 bits per heavy atom. The SMILES string of the molecule is CCCCOCC(O)c1ccccc1OCC. The van der Waals surface area contributed by atoms with Gasteiger partial charge in [0.05, 0.1) is 13.2 Å². The fourth-order valence-electron chi connectivity index (χ4n) is 1.57. The van der Waals surface area contributed by atoms with Crippen molar-refractivity contribution in [3.05, 3.63) is 29.8 Å². The molecule has 1 atom stereocenters. The predicted molar refractivity (Wildman–Crippen MR) is 68.3 cm³/mol. The van der Waals surface area contributed by atoms with Crippen LogP contribution in [0.25, 0.3) is 0 Å². The van der Waals surface area contributed by atoms with Gasteiger partial charge in [-0.1, -0.05) is 31.5 Å². The topological polar surface area (TPSA) is 38.7 Å². The molecule has 0 radical (unpaired) electrons. The summed E-state index contributed by atoms with van der Waals surface area (Å²) in [6.07, 6.45) is 1.51. The minimum absolute atomic E-state index is 0.323. The lowest BCUT2D eigenvalue weighted by Gasteiger charge is -2.15. The summed E-state index contributed by atoms with van der Waals surface area (Å²) in [5.74, 6) is 0.738. The average Bonchev–Trinajstić information content (AvgIpc) is 2.35. The first-order valence-corrected chi connectivity index (χ1v) is 6.27. The molecule has 1 unspecified atom stereocenters. The van der Waals surface area contributed by atoms with Crippen molar-refractivity contribution < 1.29 is 14.6 Å². The normalized spacial score (nSPS) is 12.4. The fraction of sp³-hybridized carbons (Fsp3) is 0.571. The number of benzene rings is 1. The molecule has 0 fully saturated rings. The van der Waals surface area contributed by atoms with Crippen molar-refractivity contribution in [2.45, 2.75) is 32.8 Å². The molecule has 0 amide bonds. The van der Waals surface area contributed by atoms with Gasteiger partial charge in [0.15, 0.2) is 0 Å². The predicted octanol–water partition coefficient (Wildman–Crippen LogP) is 2.94. The Balaban J connectivity index is 2.52. The van der Waals surface area contributed by atoms with Gasteiger partial charge in [0.2, 0.25) is 0 Å². The van der Waals surface area contributed by atoms with E-state index in [-0.39, 0.29) is 0 Å². The molecule has 0 saturated carbocycles. The van der Waals surface area contributed by atoms with Gasteiger partial charge in [-0.05, 0) is 19.4 Å². The Morgan fingerprint density at radius 3 is 2.71 bits per heavy atom. The Bertz CT molecular complexity index is 312. The molecule has 1 N–H and O–H groups in total. The molecule has 0 spiro atoms. The van der Waals surface area contributed by atoms with Gasteiger partial charge < -0.3 is 14.6 Å². The molecule has 0 heterocycles. The second kappa shape index (κ2) is 8.09. The van der Waals surface area contributed by atoms with Crippen LogP contribution in [0.3, 0.4) is 0 Å². The average molecular weight is 238 g/mol. The molecule has 3 heteroatoms. The van der Waals surface area contributed by atoms with Crippen molar-refractivity contribution in [3.8, 4) is 5.75 Å². The van der Waals surface area contributed by atoms with Gasteiger partial charge in [-0.2, -0.15) is 0 Å². The van der Waals surface area contributed by atoms with Crippen LogP contribution in [0.4, 0.5) is 0 Å². The number of rotatable bonds is 8. The summed E-state index contributed by atoms with van der Waals surface area (Å²) in [4.78, 5) is 0. The second-order valence-electron chi connectivity index (χ2n) is 3.92. The number of hydrogen-bond acceptors (Lipinski definition) is 3. The fourth-order valence-corrected chi connectivity index (χ4v) is 1.57. The first-order valence-electron chi connectivity index (χ1n) is 6.27. The maximum absolute atomic E-state index is 10.0. The Morgan fingerprint density at radius 2 is 2.00 bits per heavy atom. The Labute approximate surface area is 103 Å². The Hall–Kier alpha value is -1.06. The van der Waals surface area contributed by atoms with Crippen molar-refractivity contribution in [1.29, 1.82) is 0 Å². The van der Waals surface area contributed by atoms with Crippen LogP contribution in [-0.2, 0) is 4.74 Å². The molecule has 1 aromatic rings. The standard InChI is InChI=1S/C14H22O3/c1-3-5-10-16-11-13(15)12-8-6-7-9-14(12)17-4-2/h6-9,13,15H,3-5,10-11H2,1-2H3. The summed E-state index contributed by atoms with van der Waals surface area (Å²) >= 11 is 0. The molecule has 3 nitrogen and oxygen atoms in total. The Kier molecular flexibility index (Phi) is 6.67. The van der Waals surface area contributed by atoms with Crippen LogP contribution in [0.1, 0.15) is 38.4 Å². The van der Waals surface area contributed by atoms with E-state index in [1.54, 1.807) is 0 Å². The molecule has 96 valence electrons. The van der Waals surface area contributed by atoms with Crippen LogP contribution in [0.2, 0.25) is 0 Å². The minimum Gasteiger partial charge on any atom is -0.493 e. The molecule has 0 aliphatic carbocycles. The van der Waals surface area contributed by atoms with Crippen molar-refractivity contribution >= 4 is 0 Å². The van der Waals surface area contributed by atoms with Crippen molar-refractivity contribution in [2.24, 2.45) is 0 Å². The number of hydrogen-bond donors (Lipinski definition) is 1. The van der Waals surface area contributed by atoms with Gasteiger partial charge in [0.1, 0.15) is 11.9 Å². The highest BCUT2D eigenvalue weighted by Gasteiger charge is 2.12. The highest BCUT2D eigenvalue weighted by molar-refractivity contribution is 5.35. The summed E-state index contributed by atoms with van der Waals surface area (Å²) in [5, 5.41) is 10.0. The molecule has 0 bridgehead atoms. The molecular weight excluding hydrogens is 216 g/mol. The zero-order chi connectivity index (χ0) is 12.5. The van der Waals surface area contributed by atoms with Crippen LogP contribution < -0.4 is 4.74 Å². The van der Waals surface area contributed by atoms with Crippen LogP contribution in [0.15, 0.2) is 24.3 Å². The van der Waals surface area contributed by atoms with Crippen LogP contribution in [0.5, 0.6) is 5.75 Å². The molecule has 1 aromatic carbocycles. The quantitative estimate of drug-likeness (QED) is 0.708. The highest BCUT2D eigenvalue weighted by Crippen LogP contribution is 2.25. The van der Waals surface area contributed by atoms with E-state index >= 15 is 0 Å². The first-order chi connectivity index (χ1) is 8.29. The van der Waals surface area contributed by atoms with Crippen molar-refractivity contribution in [3.63, 3.8) is 0 Å². The number of unbranched alkanes of at least 4 members (excludes halogenated alkanes) is 1. The molecule has 17 heavy (non-hydrogen) atoms. The van der Waals surface area contributed by atoms with Crippen molar-refractivity contribution in [1.82, 2.24) is 0 Å².